The molecule has 2 heterocycles. The normalized spacial score (nSPS) is 22.2. The Hall–Kier alpha value is -0.840. The van der Waals surface area contributed by atoms with Gasteiger partial charge in [0.15, 0.2) is 5.15 Å². The topological polar surface area (TPSA) is 63.0 Å². The number of nitrogen functional groups attached to an aromatic ring is 1. The number of nitrogens with one attached hydrogen (secondary N) is 2. The van der Waals surface area contributed by atoms with Crippen LogP contribution in [0.1, 0.15) is 11.6 Å². The minimum absolute atomic E-state index is 0.288. The Bertz CT molecular complexity index is 323. The van der Waals surface area contributed by atoms with E-state index in [1.165, 1.54) is 0 Å². The predicted octanol–water partition coefficient (Wildman–Crippen LogP) is 0.551. The van der Waals surface area contributed by atoms with Crippen LogP contribution < -0.4 is 16.4 Å². The van der Waals surface area contributed by atoms with Crippen molar-refractivity contribution in [1.29, 1.82) is 0 Å². The first kappa shape index (κ1) is 9.71. The highest BCUT2D eigenvalue weighted by Gasteiger charge is 2.15. The van der Waals surface area contributed by atoms with Crippen LogP contribution in [0.2, 0.25) is 5.15 Å². The number of halogens is 1. The third-order valence-electron chi connectivity index (χ3n) is 2.33. The van der Waals surface area contributed by atoms with Gasteiger partial charge < -0.3 is 16.4 Å². The van der Waals surface area contributed by atoms with Gasteiger partial charge in [0.05, 0.1) is 5.69 Å². The van der Waals surface area contributed by atoms with E-state index in [-0.39, 0.29) is 6.04 Å². The first-order chi connectivity index (χ1) is 6.77. The SMILES string of the molecule is Nc1cc(C2CNCCN2)cnc1Cl. The second-order valence-corrected chi connectivity index (χ2v) is 3.72. The molecule has 2 rings (SSSR count). The largest absolute Gasteiger partial charge is 0.396 e. The van der Waals surface area contributed by atoms with Crippen molar-refractivity contribution in [1.82, 2.24) is 15.6 Å². The van der Waals surface area contributed by atoms with Crippen molar-refractivity contribution in [2.24, 2.45) is 0 Å². The molecule has 0 radical (unpaired) electrons. The lowest BCUT2D eigenvalue weighted by molar-refractivity contribution is 0.429. The van der Waals surface area contributed by atoms with Gasteiger partial charge >= 0.3 is 0 Å². The molecule has 1 aromatic rings. The number of aromatic nitrogens is 1. The van der Waals surface area contributed by atoms with Crippen LogP contribution in [0.15, 0.2) is 12.3 Å². The molecule has 4 nitrogen and oxygen atoms in total. The van der Waals surface area contributed by atoms with Gasteiger partial charge in [0.2, 0.25) is 0 Å². The molecule has 0 saturated carbocycles. The molecular formula is C9H13ClN4. The summed E-state index contributed by atoms with van der Waals surface area (Å²) in [6, 6.07) is 2.16. The minimum Gasteiger partial charge on any atom is -0.396 e. The summed E-state index contributed by atoms with van der Waals surface area (Å²) in [6.07, 6.45) is 1.77. The number of anilines is 1. The molecular weight excluding hydrogens is 200 g/mol. The van der Waals surface area contributed by atoms with Crippen molar-refractivity contribution in [2.45, 2.75) is 6.04 Å². The number of rotatable bonds is 1. The van der Waals surface area contributed by atoms with Crippen molar-refractivity contribution < 1.29 is 0 Å². The predicted molar refractivity (Wildman–Crippen MR) is 57.3 cm³/mol. The van der Waals surface area contributed by atoms with Crippen LogP contribution in [0.4, 0.5) is 5.69 Å². The van der Waals surface area contributed by atoms with E-state index in [1.807, 2.05) is 6.07 Å². The summed E-state index contributed by atoms with van der Waals surface area (Å²) in [5.41, 5.74) is 7.31. The Labute approximate surface area is 87.8 Å². The lowest BCUT2D eigenvalue weighted by atomic mass is 10.1. The van der Waals surface area contributed by atoms with E-state index in [1.54, 1.807) is 6.20 Å². The Morgan fingerprint density at radius 2 is 2.36 bits per heavy atom. The van der Waals surface area contributed by atoms with Crippen LogP contribution in [0.5, 0.6) is 0 Å². The van der Waals surface area contributed by atoms with Crippen LogP contribution in [-0.2, 0) is 0 Å². The highest BCUT2D eigenvalue weighted by atomic mass is 35.5. The van der Waals surface area contributed by atoms with Gasteiger partial charge in [-0.1, -0.05) is 11.6 Å². The number of hydrogen-bond acceptors (Lipinski definition) is 4. The van der Waals surface area contributed by atoms with Crippen LogP contribution in [0.25, 0.3) is 0 Å². The molecule has 0 spiro atoms. The zero-order chi connectivity index (χ0) is 9.97. The smallest absolute Gasteiger partial charge is 0.151 e. The van der Waals surface area contributed by atoms with E-state index in [2.05, 4.69) is 15.6 Å². The Morgan fingerprint density at radius 3 is 3.00 bits per heavy atom. The molecule has 0 aliphatic carbocycles. The van der Waals surface area contributed by atoms with Gasteiger partial charge in [0.25, 0.3) is 0 Å². The summed E-state index contributed by atoms with van der Waals surface area (Å²) in [7, 11) is 0. The van der Waals surface area contributed by atoms with Gasteiger partial charge in [-0.25, -0.2) is 4.98 Å². The first-order valence-electron chi connectivity index (χ1n) is 4.62. The van der Waals surface area contributed by atoms with E-state index < -0.39 is 0 Å². The summed E-state index contributed by atoms with van der Waals surface area (Å²) in [5, 5.41) is 7.06. The molecule has 0 amide bonds. The summed E-state index contributed by atoms with van der Waals surface area (Å²) >= 11 is 5.75. The van der Waals surface area contributed by atoms with Gasteiger partial charge in [-0.3, -0.25) is 0 Å². The highest BCUT2D eigenvalue weighted by molar-refractivity contribution is 6.31. The molecule has 1 aromatic heterocycles. The average Bonchev–Trinajstić information content (AvgIpc) is 2.23. The molecule has 1 aliphatic rings. The molecule has 0 bridgehead atoms. The fourth-order valence-electron chi connectivity index (χ4n) is 1.56. The van der Waals surface area contributed by atoms with Gasteiger partial charge in [-0.2, -0.15) is 0 Å². The van der Waals surface area contributed by atoms with Gasteiger partial charge in [0, 0.05) is 31.9 Å². The number of hydrogen-bond donors (Lipinski definition) is 3. The molecule has 1 fully saturated rings. The molecule has 1 atom stereocenters. The molecule has 76 valence electrons. The summed E-state index contributed by atoms with van der Waals surface area (Å²) in [6.45, 7) is 2.88. The standard InChI is InChI=1S/C9H13ClN4/c10-9-7(11)3-6(4-14-9)8-5-12-1-2-13-8/h3-4,8,12-13H,1-2,5,11H2. The zero-order valence-electron chi connectivity index (χ0n) is 7.76. The summed E-state index contributed by atoms with van der Waals surface area (Å²) in [5.74, 6) is 0. The Balaban J connectivity index is 2.18. The molecule has 1 saturated heterocycles. The average molecular weight is 213 g/mol. The van der Waals surface area contributed by atoms with Gasteiger partial charge in [-0.15, -0.1) is 0 Å². The van der Waals surface area contributed by atoms with Crippen molar-refractivity contribution in [3.63, 3.8) is 0 Å². The number of piperazine rings is 1. The monoisotopic (exact) mass is 212 g/mol. The van der Waals surface area contributed by atoms with Crippen molar-refractivity contribution in [3.8, 4) is 0 Å². The first-order valence-corrected chi connectivity index (χ1v) is 5.00. The quantitative estimate of drug-likeness (QED) is 0.595. The fraction of sp³-hybridized carbons (Fsp3) is 0.444. The lowest BCUT2D eigenvalue weighted by Crippen LogP contribution is -2.42. The maximum atomic E-state index is 5.75. The van der Waals surface area contributed by atoms with Crippen molar-refractivity contribution >= 4 is 17.3 Å². The minimum atomic E-state index is 0.288. The zero-order valence-corrected chi connectivity index (χ0v) is 8.51. The van der Waals surface area contributed by atoms with E-state index in [0.29, 0.717) is 10.8 Å². The van der Waals surface area contributed by atoms with Crippen LogP contribution in [-0.4, -0.2) is 24.6 Å². The van der Waals surface area contributed by atoms with Crippen LogP contribution >= 0.6 is 11.6 Å². The van der Waals surface area contributed by atoms with Crippen LogP contribution in [0, 0.1) is 0 Å². The highest BCUT2D eigenvalue weighted by Crippen LogP contribution is 2.20. The molecule has 1 unspecified atom stereocenters. The summed E-state index contributed by atoms with van der Waals surface area (Å²) < 4.78 is 0. The van der Waals surface area contributed by atoms with E-state index in [0.717, 1.165) is 25.2 Å². The van der Waals surface area contributed by atoms with Crippen molar-refractivity contribution in [2.75, 3.05) is 25.4 Å². The Morgan fingerprint density at radius 1 is 1.50 bits per heavy atom. The lowest BCUT2D eigenvalue weighted by Gasteiger charge is -2.24. The summed E-state index contributed by atoms with van der Waals surface area (Å²) in [4.78, 5) is 4.03. The molecule has 14 heavy (non-hydrogen) atoms. The third-order valence-corrected chi connectivity index (χ3v) is 2.65. The Kier molecular flexibility index (Phi) is 2.86. The molecule has 5 heteroatoms. The maximum Gasteiger partial charge on any atom is 0.151 e. The number of nitrogens with zero attached hydrogens (tertiary/aromatic N) is 1. The number of nitrogens with two attached hydrogens (primary N) is 1. The molecule has 1 aliphatic heterocycles. The van der Waals surface area contributed by atoms with Crippen LogP contribution in [0.3, 0.4) is 0 Å². The maximum absolute atomic E-state index is 5.75. The van der Waals surface area contributed by atoms with Crippen molar-refractivity contribution in [3.05, 3.63) is 23.0 Å². The second kappa shape index (κ2) is 4.13. The van der Waals surface area contributed by atoms with E-state index >= 15 is 0 Å². The van der Waals surface area contributed by atoms with Gasteiger partial charge in [-0.05, 0) is 11.6 Å². The molecule has 0 aromatic carbocycles. The van der Waals surface area contributed by atoms with E-state index in [9.17, 15) is 0 Å². The van der Waals surface area contributed by atoms with E-state index in [4.69, 9.17) is 17.3 Å². The van der Waals surface area contributed by atoms with Gasteiger partial charge in [0.1, 0.15) is 0 Å². The number of pyridine rings is 1. The second-order valence-electron chi connectivity index (χ2n) is 3.36. The molecule has 4 N–H and O–H groups in total. The fourth-order valence-corrected chi connectivity index (χ4v) is 1.67. The third kappa shape index (κ3) is 1.97.